The van der Waals surface area contributed by atoms with Crippen molar-refractivity contribution < 1.29 is 14.3 Å². The van der Waals surface area contributed by atoms with Gasteiger partial charge in [-0.05, 0) is 54.2 Å². The van der Waals surface area contributed by atoms with Crippen LogP contribution in [-0.2, 0) is 9.47 Å². The van der Waals surface area contributed by atoms with E-state index in [9.17, 15) is 4.79 Å². The summed E-state index contributed by atoms with van der Waals surface area (Å²) < 4.78 is 10.3. The maximum absolute atomic E-state index is 11.4. The molecule has 0 N–H and O–H groups in total. The lowest BCUT2D eigenvalue weighted by Gasteiger charge is -2.22. The standard InChI is InChI=1S/C11H19IO3/c1-8(2)10(12)15-11(13)14-9-6-4-3-5-7-9/h8-10H,3-7H2,1-2H3. The molecular weight excluding hydrogens is 307 g/mol. The van der Waals surface area contributed by atoms with Crippen molar-refractivity contribution in [3.8, 4) is 0 Å². The Bertz CT molecular complexity index is 200. The van der Waals surface area contributed by atoms with Crippen LogP contribution < -0.4 is 0 Å². The van der Waals surface area contributed by atoms with E-state index in [1.54, 1.807) is 0 Å². The fourth-order valence-electron chi connectivity index (χ4n) is 1.57. The molecule has 0 radical (unpaired) electrons. The molecule has 0 aromatic rings. The van der Waals surface area contributed by atoms with Crippen molar-refractivity contribution in [2.75, 3.05) is 0 Å². The Balaban J connectivity index is 2.22. The zero-order chi connectivity index (χ0) is 11.3. The van der Waals surface area contributed by atoms with Crippen LogP contribution in [0.3, 0.4) is 0 Å². The van der Waals surface area contributed by atoms with Gasteiger partial charge in [0.1, 0.15) is 6.10 Å². The van der Waals surface area contributed by atoms with Crippen LogP contribution in [0.4, 0.5) is 4.79 Å². The summed E-state index contributed by atoms with van der Waals surface area (Å²) in [7, 11) is 0. The molecule has 4 heteroatoms. The Hall–Kier alpha value is 0. The monoisotopic (exact) mass is 326 g/mol. The number of carbonyl (C=O) groups excluding carboxylic acids is 1. The minimum atomic E-state index is -0.505. The second kappa shape index (κ2) is 6.55. The lowest BCUT2D eigenvalue weighted by Crippen LogP contribution is -2.24. The highest BCUT2D eigenvalue weighted by atomic mass is 127. The Morgan fingerprint density at radius 3 is 2.40 bits per heavy atom. The van der Waals surface area contributed by atoms with Gasteiger partial charge in [0, 0.05) is 0 Å². The first-order chi connectivity index (χ1) is 7.09. The molecule has 0 bridgehead atoms. The fraction of sp³-hybridized carbons (Fsp3) is 0.909. The Labute approximate surface area is 105 Å². The molecule has 1 saturated carbocycles. The SMILES string of the molecule is CC(C)C(I)OC(=O)OC1CCCCC1. The molecule has 0 aromatic carbocycles. The molecule has 88 valence electrons. The molecule has 1 fully saturated rings. The van der Waals surface area contributed by atoms with Gasteiger partial charge < -0.3 is 9.47 Å². The fourth-order valence-corrected chi connectivity index (χ4v) is 1.78. The summed E-state index contributed by atoms with van der Waals surface area (Å²) in [5.74, 6) is 0.324. The largest absolute Gasteiger partial charge is 0.509 e. The van der Waals surface area contributed by atoms with Gasteiger partial charge >= 0.3 is 6.16 Å². The summed E-state index contributed by atoms with van der Waals surface area (Å²) in [5.41, 5.74) is 0. The highest BCUT2D eigenvalue weighted by molar-refractivity contribution is 14.1. The van der Waals surface area contributed by atoms with E-state index in [4.69, 9.17) is 9.47 Å². The lowest BCUT2D eigenvalue weighted by atomic mass is 9.98. The Morgan fingerprint density at radius 1 is 1.27 bits per heavy atom. The van der Waals surface area contributed by atoms with Crippen molar-refractivity contribution in [2.24, 2.45) is 5.92 Å². The van der Waals surface area contributed by atoms with Crippen molar-refractivity contribution in [2.45, 2.75) is 56.2 Å². The van der Waals surface area contributed by atoms with Crippen molar-refractivity contribution in [1.82, 2.24) is 0 Å². The maximum atomic E-state index is 11.4. The molecule has 0 heterocycles. The van der Waals surface area contributed by atoms with Crippen LogP contribution in [0, 0.1) is 5.92 Å². The van der Waals surface area contributed by atoms with Crippen LogP contribution in [0.5, 0.6) is 0 Å². The molecular formula is C11H19IO3. The van der Waals surface area contributed by atoms with Gasteiger partial charge in [-0.15, -0.1) is 0 Å². The van der Waals surface area contributed by atoms with Gasteiger partial charge in [-0.2, -0.15) is 0 Å². The van der Waals surface area contributed by atoms with E-state index in [-0.39, 0.29) is 10.2 Å². The number of alkyl halides is 1. The molecule has 0 amide bonds. The summed E-state index contributed by atoms with van der Waals surface area (Å²) in [6.45, 7) is 4.04. The van der Waals surface area contributed by atoms with Crippen LogP contribution in [0.2, 0.25) is 0 Å². The van der Waals surface area contributed by atoms with Crippen molar-refractivity contribution in [1.29, 1.82) is 0 Å². The van der Waals surface area contributed by atoms with E-state index in [0.29, 0.717) is 5.92 Å². The number of rotatable bonds is 3. The average molecular weight is 326 g/mol. The molecule has 1 unspecified atom stereocenters. The molecule has 1 rings (SSSR count). The Morgan fingerprint density at radius 2 is 1.87 bits per heavy atom. The normalized spacial score (nSPS) is 20.0. The van der Waals surface area contributed by atoms with Crippen LogP contribution in [0.25, 0.3) is 0 Å². The van der Waals surface area contributed by atoms with Crippen molar-refractivity contribution in [3.05, 3.63) is 0 Å². The van der Waals surface area contributed by atoms with Gasteiger partial charge in [0.15, 0.2) is 4.11 Å². The summed E-state index contributed by atoms with van der Waals surface area (Å²) in [4.78, 5) is 11.4. The molecule has 3 nitrogen and oxygen atoms in total. The van der Waals surface area contributed by atoms with Gasteiger partial charge in [-0.3, -0.25) is 0 Å². The molecule has 1 aliphatic rings. The first-order valence-electron chi connectivity index (χ1n) is 5.61. The second-order valence-corrected chi connectivity index (χ2v) is 5.57. The molecule has 1 aliphatic carbocycles. The number of halogens is 1. The first-order valence-corrected chi connectivity index (χ1v) is 6.85. The second-order valence-electron chi connectivity index (χ2n) is 4.34. The van der Waals surface area contributed by atoms with E-state index in [2.05, 4.69) is 22.6 Å². The van der Waals surface area contributed by atoms with E-state index < -0.39 is 6.16 Å². The van der Waals surface area contributed by atoms with Crippen LogP contribution in [-0.4, -0.2) is 16.4 Å². The first kappa shape index (κ1) is 13.1. The van der Waals surface area contributed by atoms with E-state index in [1.807, 2.05) is 13.8 Å². The number of carbonyl (C=O) groups is 1. The highest BCUT2D eigenvalue weighted by Gasteiger charge is 2.21. The third-order valence-corrected chi connectivity index (χ3v) is 4.24. The molecule has 15 heavy (non-hydrogen) atoms. The zero-order valence-electron chi connectivity index (χ0n) is 9.37. The number of hydrogen-bond donors (Lipinski definition) is 0. The van der Waals surface area contributed by atoms with Gasteiger partial charge in [-0.1, -0.05) is 20.3 Å². The average Bonchev–Trinajstić information content (AvgIpc) is 2.18. The third kappa shape index (κ3) is 5.04. The van der Waals surface area contributed by atoms with Crippen LogP contribution in [0.1, 0.15) is 46.0 Å². The number of hydrogen-bond acceptors (Lipinski definition) is 3. The Kier molecular flexibility index (Phi) is 5.71. The van der Waals surface area contributed by atoms with Crippen molar-refractivity contribution in [3.63, 3.8) is 0 Å². The smallest absolute Gasteiger partial charge is 0.431 e. The summed E-state index contributed by atoms with van der Waals surface area (Å²) in [6.07, 6.45) is 5.14. The van der Waals surface area contributed by atoms with Gasteiger partial charge in [0.05, 0.1) is 0 Å². The van der Waals surface area contributed by atoms with Crippen LogP contribution in [0.15, 0.2) is 0 Å². The minimum Gasteiger partial charge on any atom is -0.431 e. The van der Waals surface area contributed by atoms with Crippen molar-refractivity contribution >= 4 is 28.7 Å². The predicted molar refractivity (Wildman–Crippen MR) is 67.1 cm³/mol. The summed E-state index contributed by atoms with van der Waals surface area (Å²) >= 11 is 2.12. The van der Waals surface area contributed by atoms with Gasteiger partial charge in [-0.25, -0.2) is 4.79 Å². The molecule has 0 aromatic heterocycles. The minimum absolute atomic E-state index is 0.0852. The quantitative estimate of drug-likeness (QED) is 0.448. The molecule has 0 saturated heterocycles. The summed E-state index contributed by atoms with van der Waals surface area (Å²) in [5, 5.41) is 0. The van der Waals surface area contributed by atoms with E-state index in [1.165, 1.54) is 6.42 Å². The van der Waals surface area contributed by atoms with Crippen LogP contribution >= 0.6 is 22.6 Å². The van der Waals surface area contributed by atoms with Gasteiger partial charge in [0.25, 0.3) is 0 Å². The summed E-state index contributed by atoms with van der Waals surface area (Å²) in [6, 6.07) is 0. The molecule has 0 aliphatic heterocycles. The van der Waals surface area contributed by atoms with E-state index in [0.717, 1.165) is 25.7 Å². The van der Waals surface area contributed by atoms with E-state index >= 15 is 0 Å². The maximum Gasteiger partial charge on any atom is 0.509 e. The predicted octanol–water partition coefficient (Wildman–Crippen LogP) is 3.89. The third-order valence-electron chi connectivity index (χ3n) is 2.55. The topological polar surface area (TPSA) is 35.5 Å². The zero-order valence-corrected chi connectivity index (χ0v) is 11.5. The number of ether oxygens (including phenoxy) is 2. The molecule has 1 atom stereocenters. The highest BCUT2D eigenvalue weighted by Crippen LogP contribution is 2.22. The lowest BCUT2D eigenvalue weighted by molar-refractivity contribution is 0.00242. The van der Waals surface area contributed by atoms with Gasteiger partial charge in [0.2, 0.25) is 0 Å². The molecule has 0 spiro atoms.